The molecule has 0 spiro atoms. The van der Waals surface area contributed by atoms with Crippen molar-refractivity contribution < 1.29 is 4.39 Å². The van der Waals surface area contributed by atoms with Gasteiger partial charge in [-0.25, -0.2) is 9.37 Å². The van der Waals surface area contributed by atoms with Crippen molar-refractivity contribution in [2.45, 2.75) is 0 Å². The third-order valence-corrected chi connectivity index (χ3v) is 6.83. The minimum Gasteiger partial charge on any atom is -0.369 e. The number of anilines is 3. The Labute approximate surface area is 189 Å². The average molecular weight is 450 g/mol. The molecular formula is C24H24FN5OS. The quantitative estimate of drug-likeness (QED) is 0.511. The summed E-state index contributed by atoms with van der Waals surface area (Å²) in [6.45, 7) is 3.78. The van der Waals surface area contributed by atoms with Crippen LogP contribution in [0.15, 0.2) is 58.8 Å². The van der Waals surface area contributed by atoms with Gasteiger partial charge in [-0.1, -0.05) is 0 Å². The fourth-order valence-electron chi connectivity index (χ4n) is 4.09. The number of hydrogen-bond acceptors (Lipinski definition) is 6. The molecule has 1 fully saturated rings. The van der Waals surface area contributed by atoms with Gasteiger partial charge < -0.3 is 19.7 Å². The Morgan fingerprint density at radius 2 is 1.84 bits per heavy atom. The van der Waals surface area contributed by atoms with Crippen LogP contribution in [0.2, 0.25) is 0 Å². The number of hydrogen-bond donors (Lipinski definition) is 1. The van der Waals surface area contributed by atoms with Crippen LogP contribution in [-0.2, 0) is 7.05 Å². The van der Waals surface area contributed by atoms with Crippen LogP contribution in [0, 0.1) is 5.82 Å². The first-order valence-corrected chi connectivity index (χ1v) is 11.4. The molecule has 1 aliphatic rings. The summed E-state index contributed by atoms with van der Waals surface area (Å²) < 4.78 is 14.9. The van der Waals surface area contributed by atoms with Crippen molar-refractivity contribution in [2.75, 3.05) is 43.0 Å². The van der Waals surface area contributed by atoms with Crippen LogP contribution < -0.4 is 20.7 Å². The lowest BCUT2D eigenvalue weighted by Gasteiger charge is -2.30. The predicted octanol–water partition coefficient (Wildman–Crippen LogP) is 3.98. The molecule has 0 aliphatic carbocycles. The molecule has 4 aromatic rings. The molecule has 5 rings (SSSR count). The minimum absolute atomic E-state index is 0.0184. The molecular weight excluding hydrogens is 425 g/mol. The molecule has 6 nitrogen and oxygen atoms in total. The van der Waals surface area contributed by atoms with Gasteiger partial charge in [-0.15, -0.1) is 11.3 Å². The second-order valence-corrected chi connectivity index (χ2v) is 8.82. The number of rotatable bonds is 4. The van der Waals surface area contributed by atoms with E-state index in [1.807, 2.05) is 35.7 Å². The smallest absolute Gasteiger partial charge is 0.258 e. The summed E-state index contributed by atoms with van der Waals surface area (Å²) in [4.78, 5) is 21.9. The molecule has 32 heavy (non-hydrogen) atoms. The highest BCUT2D eigenvalue weighted by molar-refractivity contribution is 7.14. The SMILES string of the molecule is CN(c1nc(-c2ccc(F)cc2)cs1)c1cn(C)c(=O)c2ccc(N3CCNCC3)cc12. The summed E-state index contributed by atoms with van der Waals surface area (Å²) in [6.07, 6.45) is 1.87. The van der Waals surface area contributed by atoms with E-state index in [4.69, 9.17) is 4.98 Å². The highest BCUT2D eigenvalue weighted by atomic mass is 32.1. The monoisotopic (exact) mass is 449 g/mol. The first-order valence-electron chi connectivity index (χ1n) is 10.6. The van der Waals surface area contributed by atoms with Gasteiger partial charge in [0.25, 0.3) is 5.56 Å². The first kappa shape index (κ1) is 20.7. The lowest BCUT2D eigenvalue weighted by molar-refractivity contribution is 0.589. The molecule has 1 saturated heterocycles. The molecule has 0 saturated carbocycles. The number of halogens is 1. The average Bonchev–Trinajstić information content (AvgIpc) is 3.32. The van der Waals surface area contributed by atoms with Gasteiger partial charge in [0, 0.05) is 73.9 Å². The second kappa shape index (κ2) is 8.37. The van der Waals surface area contributed by atoms with Crippen LogP contribution in [0.4, 0.5) is 20.9 Å². The molecule has 0 radical (unpaired) electrons. The highest BCUT2D eigenvalue weighted by Crippen LogP contribution is 2.35. The Morgan fingerprint density at radius 1 is 1.09 bits per heavy atom. The summed E-state index contributed by atoms with van der Waals surface area (Å²) in [5.41, 5.74) is 3.68. The molecule has 2 aromatic heterocycles. The van der Waals surface area contributed by atoms with Gasteiger partial charge in [-0.3, -0.25) is 4.79 Å². The van der Waals surface area contributed by atoms with E-state index in [1.165, 1.54) is 23.5 Å². The summed E-state index contributed by atoms with van der Waals surface area (Å²) in [6, 6.07) is 12.4. The Balaban J connectivity index is 1.57. The molecule has 2 aromatic carbocycles. The van der Waals surface area contributed by atoms with Gasteiger partial charge in [0.2, 0.25) is 0 Å². The maximum absolute atomic E-state index is 13.3. The molecule has 0 unspecified atom stereocenters. The number of piperazine rings is 1. The van der Waals surface area contributed by atoms with Crippen molar-refractivity contribution in [3.05, 3.63) is 70.2 Å². The number of nitrogens with zero attached hydrogens (tertiary/aromatic N) is 4. The maximum Gasteiger partial charge on any atom is 0.258 e. The molecule has 1 N–H and O–H groups in total. The van der Waals surface area contributed by atoms with Gasteiger partial charge in [0.1, 0.15) is 5.82 Å². The van der Waals surface area contributed by atoms with Crippen LogP contribution in [-0.4, -0.2) is 42.8 Å². The third-order valence-electron chi connectivity index (χ3n) is 5.91. The number of aromatic nitrogens is 2. The van der Waals surface area contributed by atoms with Gasteiger partial charge in [-0.05, 0) is 42.5 Å². The zero-order chi connectivity index (χ0) is 22.2. The van der Waals surface area contributed by atoms with Crippen LogP contribution in [0.5, 0.6) is 0 Å². The molecule has 164 valence electrons. The van der Waals surface area contributed by atoms with E-state index in [0.717, 1.165) is 59.3 Å². The van der Waals surface area contributed by atoms with Crippen molar-refractivity contribution in [2.24, 2.45) is 7.05 Å². The van der Waals surface area contributed by atoms with Gasteiger partial charge in [0.05, 0.1) is 11.4 Å². The predicted molar refractivity (Wildman–Crippen MR) is 130 cm³/mol. The Hall–Kier alpha value is -3.23. The van der Waals surface area contributed by atoms with Crippen molar-refractivity contribution in [3.8, 4) is 11.3 Å². The number of thiazole rings is 1. The molecule has 3 heterocycles. The summed E-state index contributed by atoms with van der Waals surface area (Å²) in [5.74, 6) is -0.265. The van der Waals surface area contributed by atoms with Crippen LogP contribution >= 0.6 is 11.3 Å². The maximum atomic E-state index is 13.3. The molecule has 0 amide bonds. The topological polar surface area (TPSA) is 53.4 Å². The van der Waals surface area contributed by atoms with Crippen LogP contribution in [0.1, 0.15) is 0 Å². The first-order chi connectivity index (χ1) is 15.5. The van der Waals surface area contributed by atoms with E-state index in [2.05, 4.69) is 16.3 Å². The number of pyridine rings is 1. The minimum atomic E-state index is -0.265. The van der Waals surface area contributed by atoms with Crippen molar-refractivity contribution in [3.63, 3.8) is 0 Å². The van der Waals surface area contributed by atoms with Gasteiger partial charge in [-0.2, -0.15) is 0 Å². The summed E-state index contributed by atoms with van der Waals surface area (Å²) >= 11 is 1.52. The summed E-state index contributed by atoms with van der Waals surface area (Å²) in [7, 11) is 3.74. The number of benzene rings is 2. The second-order valence-electron chi connectivity index (χ2n) is 7.98. The molecule has 0 atom stereocenters. The van der Waals surface area contributed by atoms with Crippen molar-refractivity contribution in [1.29, 1.82) is 0 Å². The number of nitrogens with one attached hydrogen (secondary N) is 1. The lowest BCUT2D eigenvalue weighted by atomic mass is 10.1. The van der Waals surface area contributed by atoms with E-state index < -0.39 is 0 Å². The number of aryl methyl sites for hydroxylation is 1. The van der Waals surface area contributed by atoms with E-state index in [-0.39, 0.29) is 11.4 Å². The van der Waals surface area contributed by atoms with Crippen molar-refractivity contribution >= 4 is 38.6 Å². The van der Waals surface area contributed by atoms with Crippen molar-refractivity contribution in [1.82, 2.24) is 14.9 Å². The zero-order valence-electron chi connectivity index (χ0n) is 18.0. The Kier molecular flexibility index (Phi) is 5.40. The molecule has 1 aliphatic heterocycles. The molecule has 8 heteroatoms. The van der Waals surface area contributed by atoms with E-state index in [9.17, 15) is 9.18 Å². The fraction of sp³-hybridized carbons (Fsp3) is 0.250. The van der Waals surface area contributed by atoms with E-state index in [1.54, 1.807) is 23.7 Å². The van der Waals surface area contributed by atoms with Crippen LogP contribution in [0.3, 0.4) is 0 Å². The standard InChI is InChI=1S/C24H24FN5OS/c1-28-14-22(29(2)24-27-21(15-32-24)16-3-5-17(25)6-4-16)20-13-18(7-8-19(20)23(28)31)30-11-9-26-10-12-30/h3-8,13-15,26H,9-12H2,1-2H3. The fourth-order valence-corrected chi connectivity index (χ4v) is 4.91. The molecule has 0 bridgehead atoms. The Bertz CT molecular complexity index is 1320. The van der Waals surface area contributed by atoms with Crippen LogP contribution in [0.25, 0.3) is 22.0 Å². The highest BCUT2D eigenvalue weighted by Gasteiger charge is 2.18. The zero-order valence-corrected chi connectivity index (χ0v) is 18.8. The largest absolute Gasteiger partial charge is 0.369 e. The number of fused-ring (bicyclic) bond motifs is 1. The summed E-state index contributed by atoms with van der Waals surface area (Å²) in [5, 5.41) is 7.74. The normalized spacial score (nSPS) is 14.2. The van der Waals surface area contributed by atoms with E-state index >= 15 is 0 Å². The van der Waals surface area contributed by atoms with E-state index in [0.29, 0.717) is 5.39 Å². The van der Waals surface area contributed by atoms with Gasteiger partial charge >= 0.3 is 0 Å². The van der Waals surface area contributed by atoms with Gasteiger partial charge in [0.15, 0.2) is 5.13 Å². The lowest BCUT2D eigenvalue weighted by Crippen LogP contribution is -2.43. The Morgan fingerprint density at radius 3 is 2.59 bits per heavy atom. The third kappa shape index (κ3) is 3.76.